The van der Waals surface area contributed by atoms with Gasteiger partial charge < -0.3 is 4.57 Å². The maximum absolute atomic E-state index is 2.86. The van der Waals surface area contributed by atoms with Gasteiger partial charge in [-0.1, -0.05) is 38.7 Å². The fraction of sp³-hybridized carbons (Fsp3) is 1.00. The summed E-state index contributed by atoms with van der Waals surface area (Å²) in [6.45, 7) is 16.3. The molecule has 0 N–H and O–H groups in total. The SMILES string of the molecule is C[Si](CC[Si](C)(C)C)N1CCCCC1(C)C. The highest BCUT2D eigenvalue weighted by atomic mass is 28.3. The molecule has 0 aliphatic carbocycles. The molecule has 1 aliphatic heterocycles. The van der Waals surface area contributed by atoms with Crippen LogP contribution in [0.1, 0.15) is 33.1 Å². The molecule has 1 saturated heterocycles. The fourth-order valence-corrected chi connectivity index (χ4v) is 9.07. The number of nitrogens with zero attached hydrogens (tertiary/aromatic N) is 1. The van der Waals surface area contributed by atoms with Crippen LogP contribution in [0.3, 0.4) is 0 Å². The van der Waals surface area contributed by atoms with Gasteiger partial charge >= 0.3 is 0 Å². The summed E-state index contributed by atoms with van der Waals surface area (Å²) in [4.78, 5) is 0. The number of rotatable bonds is 4. The van der Waals surface area contributed by atoms with Gasteiger partial charge in [-0.25, -0.2) is 0 Å². The molecular weight excluding hydrogens is 226 g/mol. The lowest BCUT2D eigenvalue weighted by molar-refractivity contribution is 0.165. The second-order valence-electron chi connectivity index (χ2n) is 7.22. The molecular formula is C13H30NSi2. The van der Waals surface area contributed by atoms with Gasteiger partial charge in [0.25, 0.3) is 0 Å². The van der Waals surface area contributed by atoms with Crippen LogP contribution < -0.4 is 0 Å². The minimum Gasteiger partial charge on any atom is -0.319 e. The normalized spacial score (nSPS) is 22.7. The summed E-state index contributed by atoms with van der Waals surface area (Å²) < 4.78 is 2.86. The van der Waals surface area contributed by atoms with E-state index in [1.54, 1.807) is 0 Å². The molecule has 1 nitrogen and oxygen atoms in total. The van der Waals surface area contributed by atoms with Crippen LogP contribution in [-0.2, 0) is 0 Å². The monoisotopic (exact) mass is 256 g/mol. The summed E-state index contributed by atoms with van der Waals surface area (Å²) in [5.41, 5.74) is 0.487. The molecule has 0 saturated carbocycles. The van der Waals surface area contributed by atoms with Crippen LogP contribution in [0.2, 0.25) is 38.3 Å². The molecule has 0 bridgehead atoms. The predicted octanol–water partition coefficient (Wildman–Crippen LogP) is 4.21. The molecule has 16 heavy (non-hydrogen) atoms. The van der Waals surface area contributed by atoms with Gasteiger partial charge in [-0.05, 0) is 39.3 Å². The van der Waals surface area contributed by atoms with Crippen LogP contribution in [0.5, 0.6) is 0 Å². The van der Waals surface area contributed by atoms with E-state index in [9.17, 15) is 0 Å². The van der Waals surface area contributed by atoms with E-state index in [0.29, 0.717) is 5.54 Å². The molecule has 0 aromatic carbocycles. The summed E-state index contributed by atoms with van der Waals surface area (Å²) in [6.07, 6.45) is 4.27. The molecule has 0 spiro atoms. The quantitative estimate of drug-likeness (QED) is 0.681. The van der Waals surface area contributed by atoms with Crippen LogP contribution in [0.25, 0.3) is 0 Å². The lowest BCUT2D eigenvalue weighted by atomic mass is 9.93. The van der Waals surface area contributed by atoms with Crippen molar-refractivity contribution < 1.29 is 0 Å². The van der Waals surface area contributed by atoms with E-state index in [2.05, 4.69) is 44.6 Å². The highest BCUT2D eigenvalue weighted by Gasteiger charge is 2.33. The van der Waals surface area contributed by atoms with Crippen molar-refractivity contribution in [3.8, 4) is 0 Å². The minimum atomic E-state index is -0.831. The van der Waals surface area contributed by atoms with E-state index in [1.807, 2.05) is 0 Å². The molecule has 0 atom stereocenters. The van der Waals surface area contributed by atoms with Crippen LogP contribution in [0.15, 0.2) is 0 Å². The third-order valence-corrected chi connectivity index (χ3v) is 8.82. The largest absolute Gasteiger partial charge is 0.319 e. The van der Waals surface area contributed by atoms with Gasteiger partial charge in [0, 0.05) is 13.6 Å². The van der Waals surface area contributed by atoms with Crippen molar-refractivity contribution >= 4 is 17.0 Å². The Bertz CT molecular complexity index is 220. The Kier molecular flexibility index (Phi) is 4.84. The summed E-state index contributed by atoms with van der Waals surface area (Å²) in [5, 5.41) is 0. The molecule has 1 heterocycles. The highest BCUT2D eigenvalue weighted by molar-refractivity contribution is 6.77. The third-order valence-electron chi connectivity index (χ3n) is 3.85. The topological polar surface area (TPSA) is 3.24 Å². The molecule has 0 aromatic heterocycles. The van der Waals surface area contributed by atoms with Crippen molar-refractivity contribution in [3.05, 3.63) is 0 Å². The number of hydrogen-bond acceptors (Lipinski definition) is 1. The van der Waals surface area contributed by atoms with Crippen LogP contribution >= 0.6 is 0 Å². The molecule has 1 radical (unpaired) electrons. The highest BCUT2D eigenvalue weighted by Crippen LogP contribution is 2.30. The van der Waals surface area contributed by atoms with Crippen LogP contribution in [0, 0.1) is 0 Å². The zero-order chi connectivity index (χ0) is 12.4. The van der Waals surface area contributed by atoms with E-state index in [4.69, 9.17) is 0 Å². The van der Waals surface area contributed by atoms with E-state index < -0.39 is 8.07 Å². The van der Waals surface area contributed by atoms with Gasteiger partial charge in [0.2, 0.25) is 0 Å². The average Bonchev–Trinajstić information content (AvgIpc) is 2.12. The minimum absolute atomic E-state index is 0.262. The molecule has 3 heteroatoms. The fourth-order valence-electron chi connectivity index (χ4n) is 2.66. The van der Waals surface area contributed by atoms with E-state index in [1.165, 1.54) is 37.9 Å². The number of piperidine rings is 1. The zero-order valence-corrected chi connectivity index (χ0v) is 14.2. The Balaban J connectivity index is 2.49. The summed E-state index contributed by atoms with van der Waals surface area (Å²) in [6, 6.07) is 3.02. The van der Waals surface area contributed by atoms with Crippen molar-refractivity contribution in [2.75, 3.05) is 6.54 Å². The Labute approximate surface area is 105 Å². The maximum Gasteiger partial charge on any atom is 0.133 e. The number of hydrogen-bond donors (Lipinski definition) is 0. The van der Waals surface area contributed by atoms with Gasteiger partial charge in [0.15, 0.2) is 0 Å². The van der Waals surface area contributed by atoms with Crippen LogP contribution in [0.4, 0.5) is 0 Å². The van der Waals surface area contributed by atoms with Gasteiger partial charge in [-0.3, -0.25) is 0 Å². The first-order valence-electron chi connectivity index (χ1n) is 6.82. The average molecular weight is 257 g/mol. The molecule has 1 rings (SSSR count). The molecule has 1 aliphatic rings. The van der Waals surface area contributed by atoms with Crippen molar-refractivity contribution in [2.45, 2.75) is 76.9 Å². The van der Waals surface area contributed by atoms with Gasteiger partial charge in [0.1, 0.15) is 8.96 Å². The lowest BCUT2D eigenvalue weighted by Gasteiger charge is -2.46. The second kappa shape index (κ2) is 5.36. The first-order valence-corrected chi connectivity index (χ1v) is 12.7. The lowest BCUT2D eigenvalue weighted by Crippen LogP contribution is -2.54. The van der Waals surface area contributed by atoms with Gasteiger partial charge in [0.05, 0.1) is 0 Å². The Morgan fingerprint density at radius 3 is 2.31 bits per heavy atom. The summed E-state index contributed by atoms with van der Waals surface area (Å²) in [5.74, 6) is 0. The van der Waals surface area contributed by atoms with Gasteiger partial charge in [-0.15, -0.1) is 0 Å². The van der Waals surface area contributed by atoms with Crippen LogP contribution in [-0.4, -0.2) is 33.7 Å². The Morgan fingerprint density at radius 2 is 1.81 bits per heavy atom. The summed E-state index contributed by atoms with van der Waals surface area (Å²) >= 11 is 0. The van der Waals surface area contributed by atoms with Crippen molar-refractivity contribution in [3.63, 3.8) is 0 Å². The molecule has 95 valence electrons. The molecule has 1 fully saturated rings. The van der Waals surface area contributed by atoms with E-state index in [-0.39, 0.29) is 8.96 Å². The zero-order valence-electron chi connectivity index (χ0n) is 12.2. The van der Waals surface area contributed by atoms with E-state index >= 15 is 0 Å². The predicted molar refractivity (Wildman–Crippen MR) is 79.2 cm³/mol. The first kappa shape index (κ1) is 14.5. The molecule has 0 unspecified atom stereocenters. The van der Waals surface area contributed by atoms with E-state index in [0.717, 1.165) is 0 Å². The third kappa shape index (κ3) is 4.34. The molecule has 0 amide bonds. The van der Waals surface area contributed by atoms with Crippen molar-refractivity contribution in [2.24, 2.45) is 0 Å². The molecule has 0 aromatic rings. The Hall–Kier alpha value is 0.394. The smallest absolute Gasteiger partial charge is 0.133 e. The standard InChI is InChI=1S/C13H30NSi2/c1-13(2)9-7-8-10-14(13)15(3)11-12-16(4,5)6/h7-12H2,1-6H3. The summed E-state index contributed by atoms with van der Waals surface area (Å²) in [7, 11) is -1.09. The maximum atomic E-state index is 2.86. The second-order valence-corrected chi connectivity index (χ2v) is 15.3. The van der Waals surface area contributed by atoms with Crippen molar-refractivity contribution in [1.29, 1.82) is 0 Å². The Morgan fingerprint density at radius 1 is 1.19 bits per heavy atom. The van der Waals surface area contributed by atoms with Gasteiger partial charge in [-0.2, -0.15) is 0 Å². The van der Waals surface area contributed by atoms with Crippen molar-refractivity contribution in [1.82, 2.24) is 4.57 Å². The first-order chi connectivity index (χ1) is 7.22.